The molecule has 0 radical (unpaired) electrons. The van der Waals surface area contributed by atoms with E-state index in [-0.39, 0.29) is 6.17 Å². The van der Waals surface area contributed by atoms with E-state index in [2.05, 4.69) is 181 Å². The first-order valence-corrected chi connectivity index (χ1v) is 19.1. The van der Waals surface area contributed by atoms with Gasteiger partial charge in [0.15, 0.2) is 5.84 Å². The quantitative estimate of drug-likeness (QED) is 0.193. The fourth-order valence-electron chi connectivity index (χ4n) is 8.89. The van der Waals surface area contributed by atoms with Crippen LogP contribution in [0.15, 0.2) is 210 Å². The SMILES string of the molecule is c1ccc(C2=NC(c3cccc(-c4ccc5c(c4)Oc4ccccc4C54c5ccccc5-c5ccccc54)c3)=NC(c3cccc(-c4ccccc4)c3)N2)cc1. The van der Waals surface area contributed by atoms with Gasteiger partial charge < -0.3 is 10.1 Å². The Morgan fingerprint density at radius 3 is 1.71 bits per heavy atom. The molecule has 2 heterocycles. The van der Waals surface area contributed by atoms with Crippen molar-refractivity contribution in [1.29, 1.82) is 0 Å². The summed E-state index contributed by atoms with van der Waals surface area (Å²) in [5.74, 6) is 3.21. The Morgan fingerprint density at radius 1 is 0.411 bits per heavy atom. The van der Waals surface area contributed by atoms with Crippen LogP contribution in [0.25, 0.3) is 33.4 Å². The predicted octanol–water partition coefficient (Wildman–Crippen LogP) is 12.0. The smallest absolute Gasteiger partial charge is 0.159 e. The number of rotatable bonds is 5. The average molecular weight is 718 g/mol. The predicted molar refractivity (Wildman–Crippen MR) is 227 cm³/mol. The number of ether oxygens (including phenoxy) is 1. The van der Waals surface area contributed by atoms with Crippen molar-refractivity contribution < 1.29 is 4.74 Å². The van der Waals surface area contributed by atoms with Crippen molar-refractivity contribution in [1.82, 2.24) is 5.32 Å². The third kappa shape index (κ3) is 5.07. The third-order valence-electron chi connectivity index (χ3n) is 11.4. The molecule has 1 N–H and O–H groups in total. The van der Waals surface area contributed by atoms with Gasteiger partial charge in [-0.2, -0.15) is 0 Å². The molecule has 1 aliphatic carbocycles. The minimum absolute atomic E-state index is 0.324. The molecule has 8 aromatic carbocycles. The van der Waals surface area contributed by atoms with Gasteiger partial charge in [-0.3, -0.25) is 0 Å². The Balaban J connectivity index is 1.02. The first kappa shape index (κ1) is 32.2. The standard InChI is InChI=1S/C52H35N3O/c1-3-15-34(16-4-1)36-19-13-21-39(31-36)50-53-49(35-17-5-2-6-18-35)54-51(55-50)40-22-14-20-37(32-40)38-29-30-46-48(33-38)56-47-28-12-11-27-45(47)52(46)43-25-9-7-23-41(43)42-24-8-10-26-44(42)52/h1-33,50H,(H,53,54,55). The van der Waals surface area contributed by atoms with Crippen LogP contribution >= 0.6 is 0 Å². The maximum absolute atomic E-state index is 6.82. The van der Waals surface area contributed by atoms with Gasteiger partial charge in [-0.15, -0.1) is 0 Å². The summed E-state index contributed by atoms with van der Waals surface area (Å²) in [5.41, 5.74) is 14.4. The van der Waals surface area contributed by atoms with Crippen LogP contribution < -0.4 is 10.1 Å². The molecule has 0 amide bonds. The van der Waals surface area contributed by atoms with Crippen molar-refractivity contribution >= 4 is 11.7 Å². The van der Waals surface area contributed by atoms with Crippen LogP contribution in [0.5, 0.6) is 11.5 Å². The number of amidine groups is 2. The molecular formula is C52H35N3O. The van der Waals surface area contributed by atoms with E-state index in [4.69, 9.17) is 14.7 Å². The van der Waals surface area contributed by atoms with Gasteiger partial charge >= 0.3 is 0 Å². The Kier molecular flexibility index (Phi) is 7.42. The molecular weight excluding hydrogens is 683 g/mol. The van der Waals surface area contributed by atoms with E-state index in [0.29, 0.717) is 5.84 Å². The van der Waals surface area contributed by atoms with Gasteiger partial charge in [0.25, 0.3) is 0 Å². The molecule has 0 fully saturated rings. The maximum atomic E-state index is 6.82. The summed E-state index contributed by atoms with van der Waals surface area (Å²) in [6, 6.07) is 70.8. The zero-order valence-electron chi connectivity index (χ0n) is 30.4. The van der Waals surface area contributed by atoms with E-state index in [1.807, 2.05) is 24.3 Å². The highest BCUT2D eigenvalue weighted by atomic mass is 16.5. The number of nitrogens with one attached hydrogen (secondary N) is 1. The Labute approximate surface area is 326 Å². The fraction of sp³-hybridized carbons (Fsp3) is 0.0385. The van der Waals surface area contributed by atoms with Crippen molar-refractivity contribution in [3.8, 4) is 44.9 Å². The summed E-state index contributed by atoms with van der Waals surface area (Å²) < 4.78 is 6.82. The van der Waals surface area contributed by atoms with Gasteiger partial charge in [0, 0.05) is 22.3 Å². The summed E-state index contributed by atoms with van der Waals surface area (Å²) in [5, 5.41) is 3.64. The molecule has 0 saturated carbocycles. The van der Waals surface area contributed by atoms with Gasteiger partial charge in [0.05, 0.1) is 5.41 Å². The summed E-state index contributed by atoms with van der Waals surface area (Å²) in [6.07, 6.45) is -0.324. The summed E-state index contributed by atoms with van der Waals surface area (Å²) in [6.45, 7) is 0. The largest absolute Gasteiger partial charge is 0.457 e. The lowest BCUT2D eigenvalue weighted by Gasteiger charge is -2.39. The summed E-state index contributed by atoms with van der Waals surface area (Å²) in [4.78, 5) is 10.4. The van der Waals surface area contributed by atoms with E-state index in [1.54, 1.807) is 0 Å². The molecule has 2 aliphatic heterocycles. The molecule has 11 rings (SSSR count). The van der Waals surface area contributed by atoms with Crippen molar-refractivity contribution in [2.75, 3.05) is 0 Å². The topological polar surface area (TPSA) is 46.0 Å². The second-order valence-corrected chi connectivity index (χ2v) is 14.5. The van der Waals surface area contributed by atoms with Crippen molar-refractivity contribution in [2.45, 2.75) is 11.6 Å². The van der Waals surface area contributed by atoms with E-state index in [9.17, 15) is 0 Å². The molecule has 56 heavy (non-hydrogen) atoms. The highest BCUT2D eigenvalue weighted by molar-refractivity contribution is 6.13. The van der Waals surface area contributed by atoms with Gasteiger partial charge in [0.1, 0.15) is 23.5 Å². The minimum atomic E-state index is -0.489. The van der Waals surface area contributed by atoms with Crippen LogP contribution in [0.2, 0.25) is 0 Å². The average Bonchev–Trinajstić information content (AvgIpc) is 3.57. The molecule has 0 saturated heterocycles. The summed E-state index contributed by atoms with van der Waals surface area (Å²) in [7, 11) is 0. The van der Waals surface area contributed by atoms with E-state index >= 15 is 0 Å². The Bertz CT molecular complexity index is 2830. The van der Waals surface area contributed by atoms with E-state index in [0.717, 1.165) is 56.3 Å². The number of benzene rings is 8. The van der Waals surface area contributed by atoms with Crippen molar-refractivity contribution in [3.05, 3.63) is 239 Å². The van der Waals surface area contributed by atoms with Gasteiger partial charge in [-0.05, 0) is 74.3 Å². The highest BCUT2D eigenvalue weighted by Gasteiger charge is 2.50. The number of para-hydroxylation sites is 1. The first-order chi connectivity index (χ1) is 27.7. The lowest BCUT2D eigenvalue weighted by atomic mass is 9.66. The Hall–Kier alpha value is -7.30. The zero-order chi connectivity index (χ0) is 37.1. The molecule has 0 bridgehead atoms. The van der Waals surface area contributed by atoms with Crippen LogP contribution in [0.1, 0.15) is 45.1 Å². The summed E-state index contributed by atoms with van der Waals surface area (Å²) >= 11 is 0. The number of hydrogen-bond donors (Lipinski definition) is 1. The molecule has 4 nitrogen and oxygen atoms in total. The molecule has 1 atom stereocenters. The zero-order valence-corrected chi connectivity index (χ0v) is 30.4. The van der Waals surface area contributed by atoms with Crippen LogP contribution in [-0.2, 0) is 5.41 Å². The third-order valence-corrected chi connectivity index (χ3v) is 11.4. The number of nitrogens with zero attached hydrogens (tertiary/aromatic N) is 2. The maximum Gasteiger partial charge on any atom is 0.159 e. The second kappa shape index (κ2) is 12.9. The molecule has 1 unspecified atom stereocenters. The molecule has 4 heteroatoms. The minimum Gasteiger partial charge on any atom is -0.457 e. The van der Waals surface area contributed by atoms with Crippen LogP contribution in [0.3, 0.4) is 0 Å². The lowest BCUT2D eigenvalue weighted by molar-refractivity contribution is 0.436. The van der Waals surface area contributed by atoms with Crippen molar-refractivity contribution in [2.24, 2.45) is 9.98 Å². The van der Waals surface area contributed by atoms with Crippen LogP contribution in [-0.4, -0.2) is 11.7 Å². The normalized spacial score (nSPS) is 15.6. The molecule has 1 spiro atoms. The lowest BCUT2D eigenvalue weighted by Crippen LogP contribution is -2.33. The first-order valence-electron chi connectivity index (χ1n) is 19.1. The van der Waals surface area contributed by atoms with Crippen LogP contribution in [0, 0.1) is 0 Å². The molecule has 0 aromatic heterocycles. The fourth-order valence-corrected chi connectivity index (χ4v) is 8.89. The monoisotopic (exact) mass is 717 g/mol. The number of fused-ring (bicyclic) bond motifs is 9. The van der Waals surface area contributed by atoms with Gasteiger partial charge in [0.2, 0.25) is 0 Å². The van der Waals surface area contributed by atoms with Crippen LogP contribution in [0.4, 0.5) is 0 Å². The highest BCUT2D eigenvalue weighted by Crippen LogP contribution is 2.62. The molecule has 264 valence electrons. The number of hydrogen-bond acceptors (Lipinski definition) is 4. The van der Waals surface area contributed by atoms with Gasteiger partial charge in [-0.25, -0.2) is 9.98 Å². The number of aliphatic imine (C=N–C) groups is 2. The molecule has 3 aliphatic rings. The molecule has 8 aromatic rings. The second-order valence-electron chi connectivity index (χ2n) is 14.5. The van der Waals surface area contributed by atoms with E-state index < -0.39 is 5.41 Å². The Morgan fingerprint density at radius 2 is 0.964 bits per heavy atom. The van der Waals surface area contributed by atoms with Gasteiger partial charge in [-0.1, -0.05) is 176 Å². The van der Waals surface area contributed by atoms with Crippen molar-refractivity contribution in [3.63, 3.8) is 0 Å². The van der Waals surface area contributed by atoms with E-state index in [1.165, 1.54) is 33.4 Å².